The molecule has 8 heteroatoms. The van der Waals surface area contributed by atoms with Crippen molar-refractivity contribution in [1.29, 1.82) is 0 Å². The van der Waals surface area contributed by atoms with Crippen LogP contribution in [0.3, 0.4) is 0 Å². The molecular weight excluding hydrogens is 556 g/mol. The minimum absolute atomic E-state index is 0.0116. The van der Waals surface area contributed by atoms with Gasteiger partial charge in [0, 0.05) is 19.8 Å². The maximum atomic E-state index is 14.1. The monoisotopic (exact) mass is 602 g/mol. The molecule has 0 saturated heterocycles. The molecule has 0 aliphatic heterocycles. The number of aryl methyl sites for hydroxylation is 1. The molecule has 1 unspecified atom stereocenters. The zero-order valence-electron chi connectivity index (χ0n) is 26.2. The van der Waals surface area contributed by atoms with Gasteiger partial charge >= 0.3 is 0 Å². The van der Waals surface area contributed by atoms with Crippen molar-refractivity contribution in [2.45, 2.75) is 83.8 Å². The Hall–Kier alpha value is -3.75. The highest BCUT2D eigenvalue weighted by Crippen LogP contribution is 2.24. The molecule has 1 aromatic heterocycles. The maximum absolute atomic E-state index is 14.1. The fourth-order valence-corrected chi connectivity index (χ4v) is 6.29. The Morgan fingerprint density at radius 2 is 1.51 bits per heavy atom. The first-order chi connectivity index (χ1) is 20.6. The highest BCUT2D eigenvalue weighted by molar-refractivity contribution is 7.89. The van der Waals surface area contributed by atoms with Gasteiger partial charge in [0.2, 0.25) is 15.9 Å². The maximum Gasteiger partial charge on any atom is 0.244 e. The van der Waals surface area contributed by atoms with Gasteiger partial charge in [0.15, 0.2) is 0 Å². The second-order valence-electron chi connectivity index (χ2n) is 11.3. The van der Waals surface area contributed by atoms with Gasteiger partial charge in [0.05, 0.1) is 23.5 Å². The molecule has 230 valence electrons. The Balaban J connectivity index is 1.88. The third-order valence-electron chi connectivity index (χ3n) is 7.36. The molecule has 7 nitrogen and oxygen atoms in total. The fraction of sp³-hybridized carbons (Fsp3) is 0.371. The van der Waals surface area contributed by atoms with Gasteiger partial charge in [-0.05, 0) is 77.5 Å². The lowest BCUT2D eigenvalue weighted by molar-refractivity contribution is -0.125. The first kappa shape index (κ1) is 33.7. The number of nitrogens with zero attached hydrogens (tertiary/aromatic N) is 3. The number of hydrogen-bond acceptors (Lipinski definition) is 4. The van der Waals surface area contributed by atoms with E-state index in [1.165, 1.54) is 15.5 Å². The summed E-state index contributed by atoms with van der Waals surface area (Å²) in [6.07, 6.45) is 13.9. The molecule has 0 radical (unpaired) electrons. The smallest absolute Gasteiger partial charge is 0.244 e. The number of carbonyl (C=O) groups is 1. The van der Waals surface area contributed by atoms with Crippen LogP contribution in [0.15, 0.2) is 113 Å². The molecule has 1 N–H and O–H groups in total. The Kier molecular flexibility index (Phi) is 13.2. The number of carbonyl (C=O) groups excluding carboxylic acids is 1. The quantitative estimate of drug-likeness (QED) is 0.177. The van der Waals surface area contributed by atoms with Gasteiger partial charge in [-0.1, -0.05) is 83.5 Å². The van der Waals surface area contributed by atoms with Gasteiger partial charge < -0.3 is 9.88 Å². The van der Waals surface area contributed by atoms with Crippen molar-refractivity contribution >= 4 is 15.9 Å². The number of imidazole rings is 1. The number of allylic oxidation sites excluding steroid dienone is 5. The SMILES string of the molecule is CC(C)=CCC/C(C)=C/CC/C(C)=C/CC(C(=O)NCc1ccccc1)N(Cc1cncn1C)S(=O)(=O)c1ccccc1. The van der Waals surface area contributed by atoms with E-state index in [1.54, 1.807) is 47.4 Å². The summed E-state index contributed by atoms with van der Waals surface area (Å²) in [5.74, 6) is -0.343. The lowest BCUT2D eigenvalue weighted by Gasteiger charge is -2.30. The number of aromatic nitrogens is 2. The molecule has 43 heavy (non-hydrogen) atoms. The van der Waals surface area contributed by atoms with Crippen LogP contribution in [0, 0.1) is 0 Å². The zero-order valence-corrected chi connectivity index (χ0v) is 27.0. The van der Waals surface area contributed by atoms with Crippen molar-refractivity contribution in [3.05, 3.63) is 119 Å². The molecule has 2 aromatic carbocycles. The van der Waals surface area contributed by atoms with Crippen molar-refractivity contribution < 1.29 is 13.2 Å². The van der Waals surface area contributed by atoms with Crippen LogP contribution in [-0.4, -0.2) is 34.2 Å². The molecule has 0 spiro atoms. The number of sulfonamides is 1. The fourth-order valence-electron chi connectivity index (χ4n) is 4.70. The van der Waals surface area contributed by atoms with Crippen molar-refractivity contribution in [3.63, 3.8) is 0 Å². The van der Waals surface area contributed by atoms with Crippen LogP contribution in [0.2, 0.25) is 0 Å². The van der Waals surface area contributed by atoms with E-state index in [0.717, 1.165) is 36.8 Å². The summed E-state index contributed by atoms with van der Waals surface area (Å²) in [6.45, 7) is 8.76. The molecule has 0 fully saturated rings. The van der Waals surface area contributed by atoms with E-state index < -0.39 is 16.1 Å². The average molecular weight is 603 g/mol. The van der Waals surface area contributed by atoms with Crippen LogP contribution in [0.4, 0.5) is 0 Å². The number of benzene rings is 2. The summed E-state index contributed by atoms with van der Waals surface area (Å²) < 4.78 is 31.3. The summed E-state index contributed by atoms with van der Waals surface area (Å²) in [6, 6.07) is 17.0. The minimum Gasteiger partial charge on any atom is -0.351 e. The van der Waals surface area contributed by atoms with Gasteiger partial charge in [-0.2, -0.15) is 4.31 Å². The minimum atomic E-state index is -4.02. The lowest BCUT2D eigenvalue weighted by Crippen LogP contribution is -2.49. The van der Waals surface area contributed by atoms with Gasteiger partial charge in [-0.25, -0.2) is 13.4 Å². The molecule has 1 amide bonds. The van der Waals surface area contributed by atoms with E-state index in [4.69, 9.17) is 0 Å². The van der Waals surface area contributed by atoms with Crippen LogP contribution >= 0.6 is 0 Å². The number of amides is 1. The highest BCUT2D eigenvalue weighted by atomic mass is 32.2. The largest absolute Gasteiger partial charge is 0.351 e. The van der Waals surface area contributed by atoms with Crippen LogP contribution in [0.1, 0.15) is 71.1 Å². The van der Waals surface area contributed by atoms with Gasteiger partial charge in [-0.3, -0.25) is 4.79 Å². The summed E-state index contributed by atoms with van der Waals surface area (Å²) in [4.78, 5) is 18.2. The van der Waals surface area contributed by atoms with Gasteiger partial charge in [0.1, 0.15) is 6.04 Å². The molecule has 0 aliphatic rings. The first-order valence-corrected chi connectivity index (χ1v) is 16.3. The molecule has 0 saturated carbocycles. The first-order valence-electron chi connectivity index (χ1n) is 14.9. The van der Waals surface area contributed by atoms with E-state index in [0.29, 0.717) is 12.2 Å². The standard InChI is InChI=1S/C35H46N4O3S/c1-28(2)14-12-15-29(3)16-13-17-30(4)22-23-34(35(40)37-24-31-18-8-6-9-19-31)39(26-32-25-36-27-38(32)5)43(41,42)33-20-10-7-11-21-33/h6-11,14,16,18-22,25,27,34H,12-13,15,17,23-24,26H2,1-5H3,(H,37,40)/b29-16+,30-22+. The predicted octanol–water partition coefficient (Wildman–Crippen LogP) is 7.11. The van der Waals surface area contributed by atoms with E-state index in [-0.39, 0.29) is 23.8 Å². The third kappa shape index (κ3) is 10.8. The second kappa shape index (κ2) is 16.8. The average Bonchev–Trinajstić information content (AvgIpc) is 3.40. The van der Waals surface area contributed by atoms with E-state index in [9.17, 15) is 13.2 Å². The summed E-state index contributed by atoms with van der Waals surface area (Å²) in [7, 11) is -2.21. The number of nitrogens with one attached hydrogen (secondary N) is 1. The number of hydrogen-bond donors (Lipinski definition) is 1. The third-order valence-corrected chi connectivity index (χ3v) is 9.23. The molecule has 3 aromatic rings. The summed E-state index contributed by atoms with van der Waals surface area (Å²) in [5.41, 5.74) is 5.44. The molecule has 1 atom stereocenters. The van der Waals surface area contributed by atoms with Crippen LogP contribution < -0.4 is 5.32 Å². The summed E-state index contributed by atoms with van der Waals surface area (Å²) >= 11 is 0. The Labute approximate surface area is 258 Å². The Bertz CT molecular complexity index is 1500. The molecular formula is C35H46N4O3S. The molecule has 0 bridgehead atoms. The van der Waals surface area contributed by atoms with Crippen molar-refractivity contribution in [3.8, 4) is 0 Å². The Morgan fingerprint density at radius 1 is 0.907 bits per heavy atom. The topological polar surface area (TPSA) is 84.3 Å². The van der Waals surface area contributed by atoms with Crippen molar-refractivity contribution in [2.24, 2.45) is 7.05 Å². The molecule has 3 rings (SSSR count). The van der Waals surface area contributed by atoms with Crippen LogP contribution in [-0.2, 0) is 35.0 Å². The second-order valence-corrected chi connectivity index (χ2v) is 13.2. The van der Waals surface area contributed by atoms with Crippen molar-refractivity contribution in [1.82, 2.24) is 19.2 Å². The molecule has 1 heterocycles. The summed E-state index contributed by atoms with van der Waals surface area (Å²) in [5, 5.41) is 3.00. The van der Waals surface area contributed by atoms with E-state index >= 15 is 0 Å². The van der Waals surface area contributed by atoms with Gasteiger partial charge in [0.25, 0.3) is 0 Å². The molecule has 0 aliphatic carbocycles. The highest BCUT2D eigenvalue weighted by Gasteiger charge is 2.36. The normalized spacial score (nSPS) is 13.2. The van der Waals surface area contributed by atoms with E-state index in [2.05, 4.69) is 43.2 Å². The number of rotatable bonds is 16. The lowest BCUT2D eigenvalue weighted by atomic mass is 10.0. The van der Waals surface area contributed by atoms with Crippen LogP contribution in [0.25, 0.3) is 0 Å². The van der Waals surface area contributed by atoms with Crippen LogP contribution in [0.5, 0.6) is 0 Å². The Morgan fingerprint density at radius 3 is 2.12 bits per heavy atom. The van der Waals surface area contributed by atoms with E-state index in [1.807, 2.05) is 50.4 Å². The van der Waals surface area contributed by atoms with Crippen molar-refractivity contribution in [2.75, 3.05) is 0 Å². The predicted molar refractivity (Wildman–Crippen MR) is 174 cm³/mol. The zero-order chi connectivity index (χ0) is 31.2. The van der Waals surface area contributed by atoms with Gasteiger partial charge in [-0.15, -0.1) is 0 Å².